The minimum atomic E-state index is -0.677. The minimum Gasteiger partial charge on any atom is -0.358 e. The maximum Gasteiger partial charge on any atom is 0.289 e. The molecule has 1 aromatic rings. The molecular formula is C19H27ClN3O3+. The summed E-state index contributed by atoms with van der Waals surface area (Å²) in [5.74, 6) is -1.22. The number of nitrogens with one attached hydrogen (secondary N) is 1. The topological polar surface area (TPSA) is 94.1 Å². The molecule has 0 aromatic heterocycles. The molecule has 0 bridgehead atoms. The number of rotatable bonds is 10. The van der Waals surface area contributed by atoms with Crippen molar-refractivity contribution in [3.8, 4) is 0 Å². The maximum atomic E-state index is 12.5. The Hall–Kier alpha value is -1.92. The van der Waals surface area contributed by atoms with Crippen molar-refractivity contribution in [2.45, 2.75) is 51.1 Å². The van der Waals surface area contributed by atoms with Crippen molar-refractivity contribution >= 4 is 29.2 Å². The summed E-state index contributed by atoms with van der Waals surface area (Å²) < 4.78 is 0. The normalized spacial score (nSPS) is 16.8. The molecule has 0 saturated carbocycles. The number of hydrogen-bond acceptors (Lipinski definition) is 3. The van der Waals surface area contributed by atoms with Gasteiger partial charge in [0, 0.05) is 24.5 Å². The number of carbonyl (C=O) groups is 3. The van der Waals surface area contributed by atoms with Crippen LogP contribution < -0.4 is 11.1 Å². The highest BCUT2D eigenvalue weighted by atomic mass is 35.5. The van der Waals surface area contributed by atoms with Crippen LogP contribution in [0.2, 0.25) is 5.02 Å². The Morgan fingerprint density at radius 2 is 1.85 bits per heavy atom. The van der Waals surface area contributed by atoms with Gasteiger partial charge >= 0.3 is 0 Å². The zero-order chi connectivity index (χ0) is 18.9. The molecule has 142 valence electrons. The molecule has 1 fully saturated rings. The van der Waals surface area contributed by atoms with Gasteiger partial charge in [0.2, 0.25) is 11.7 Å². The SMILES string of the molecule is [NH3+]CCCCCCNC(=O)C(=O)C1CCC(=O)N1Cc1ccc(Cl)cc1. The van der Waals surface area contributed by atoms with Gasteiger partial charge in [-0.25, -0.2) is 0 Å². The van der Waals surface area contributed by atoms with Gasteiger partial charge in [0.25, 0.3) is 5.91 Å². The number of nitrogens with zero attached hydrogens (tertiary/aromatic N) is 1. The molecule has 1 heterocycles. The first kappa shape index (κ1) is 20.4. The van der Waals surface area contributed by atoms with Crippen LogP contribution in [0.1, 0.15) is 44.1 Å². The summed E-state index contributed by atoms with van der Waals surface area (Å²) >= 11 is 5.88. The molecule has 7 heteroatoms. The largest absolute Gasteiger partial charge is 0.358 e. The van der Waals surface area contributed by atoms with Gasteiger partial charge in [-0.2, -0.15) is 0 Å². The number of ketones is 1. The standard InChI is InChI=1S/C19H26ClN3O3/c20-15-7-5-14(6-8-15)13-23-16(9-10-17(23)24)18(25)19(26)22-12-4-2-1-3-11-21/h5-8,16H,1-4,9-13,21H2,(H,22,26)/p+1. The van der Waals surface area contributed by atoms with Gasteiger partial charge in [-0.15, -0.1) is 0 Å². The quantitative estimate of drug-likeness (QED) is 0.473. The first-order valence-corrected chi connectivity index (χ1v) is 9.56. The highest BCUT2D eigenvalue weighted by Gasteiger charge is 2.38. The van der Waals surface area contributed by atoms with Gasteiger partial charge in [-0.3, -0.25) is 14.4 Å². The van der Waals surface area contributed by atoms with Crippen molar-refractivity contribution in [1.82, 2.24) is 10.2 Å². The van der Waals surface area contributed by atoms with E-state index in [4.69, 9.17) is 11.6 Å². The molecule has 1 aromatic carbocycles. The van der Waals surface area contributed by atoms with Crippen LogP contribution in [0.4, 0.5) is 0 Å². The van der Waals surface area contributed by atoms with Crippen LogP contribution in [0.25, 0.3) is 0 Å². The molecule has 26 heavy (non-hydrogen) atoms. The summed E-state index contributed by atoms with van der Waals surface area (Å²) in [6, 6.07) is 6.46. The number of unbranched alkanes of at least 4 members (excludes halogenated alkanes) is 3. The highest BCUT2D eigenvalue weighted by Crippen LogP contribution is 2.23. The molecule has 1 unspecified atom stereocenters. The molecular weight excluding hydrogens is 354 g/mol. The van der Waals surface area contributed by atoms with Crippen LogP contribution in [-0.4, -0.2) is 41.6 Å². The number of halogens is 1. The fourth-order valence-electron chi connectivity index (χ4n) is 3.09. The number of hydrogen-bond donors (Lipinski definition) is 2. The molecule has 0 aliphatic carbocycles. The number of amides is 2. The lowest BCUT2D eigenvalue weighted by Gasteiger charge is -2.23. The fourth-order valence-corrected chi connectivity index (χ4v) is 3.21. The van der Waals surface area contributed by atoms with E-state index in [2.05, 4.69) is 11.1 Å². The second-order valence-corrected chi connectivity index (χ2v) is 7.03. The predicted octanol–water partition coefficient (Wildman–Crippen LogP) is 1.32. The van der Waals surface area contributed by atoms with Crippen LogP contribution in [0.3, 0.4) is 0 Å². The van der Waals surface area contributed by atoms with E-state index in [9.17, 15) is 14.4 Å². The van der Waals surface area contributed by atoms with Crippen molar-refractivity contribution in [3.05, 3.63) is 34.9 Å². The smallest absolute Gasteiger partial charge is 0.289 e. The lowest BCUT2D eigenvalue weighted by Crippen LogP contribution is -2.50. The van der Waals surface area contributed by atoms with Crippen molar-refractivity contribution in [3.63, 3.8) is 0 Å². The predicted molar refractivity (Wildman–Crippen MR) is 99.3 cm³/mol. The fraction of sp³-hybridized carbons (Fsp3) is 0.526. The van der Waals surface area contributed by atoms with Crippen molar-refractivity contribution in [2.75, 3.05) is 13.1 Å². The number of carbonyl (C=O) groups excluding carboxylic acids is 3. The summed E-state index contributed by atoms with van der Waals surface area (Å²) in [7, 11) is 0. The molecule has 6 nitrogen and oxygen atoms in total. The maximum absolute atomic E-state index is 12.5. The van der Waals surface area contributed by atoms with E-state index in [0.717, 1.165) is 37.8 Å². The Balaban J connectivity index is 1.86. The summed E-state index contributed by atoms with van der Waals surface area (Å²) in [5, 5.41) is 3.30. The summed E-state index contributed by atoms with van der Waals surface area (Å²) in [6.07, 6.45) is 4.70. The molecule has 2 amide bonds. The van der Waals surface area contributed by atoms with E-state index in [0.29, 0.717) is 31.0 Å². The average Bonchev–Trinajstić information content (AvgIpc) is 2.99. The van der Waals surface area contributed by atoms with E-state index in [1.807, 2.05) is 12.1 Å². The number of likely N-dealkylation sites (tertiary alicyclic amines) is 1. The Morgan fingerprint density at radius 1 is 1.15 bits per heavy atom. The highest BCUT2D eigenvalue weighted by molar-refractivity contribution is 6.38. The van der Waals surface area contributed by atoms with E-state index in [-0.39, 0.29) is 5.91 Å². The molecule has 0 radical (unpaired) electrons. The van der Waals surface area contributed by atoms with E-state index in [1.165, 1.54) is 4.90 Å². The van der Waals surface area contributed by atoms with Gasteiger partial charge in [0.1, 0.15) is 6.04 Å². The van der Waals surface area contributed by atoms with Crippen LogP contribution in [0.15, 0.2) is 24.3 Å². The van der Waals surface area contributed by atoms with Crippen molar-refractivity contribution in [2.24, 2.45) is 0 Å². The summed E-state index contributed by atoms with van der Waals surface area (Å²) in [5.41, 5.74) is 4.68. The van der Waals surface area contributed by atoms with Gasteiger partial charge < -0.3 is 16.0 Å². The number of benzene rings is 1. The third kappa shape index (κ3) is 5.81. The lowest BCUT2D eigenvalue weighted by atomic mass is 10.1. The van der Waals surface area contributed by atoms with Crippen LogP contribution >= 0.6 is 11.6 Å². The lowest BCUT2D eigenvalue weighted by molar-refractivity contribution is -0.368. The van der Waals surface area contributed by atoms with Gasteiger partial charge in [-0.1, -0.05) is 30.2 Å². The molecule has 2 rings (SSSR count). The Morgan fingerprint density at radius 3 is 2.54 bits per heavy atom. The van der Waals surface area contributed by atoms with E-state index >= 15 is 0 Å². The van der Waals surface area contributed by atoms with Crippen molar-refractivity contribution < 1.29 is 20.1 Å². The van der Waals surface area contributed by atoms with Gasteiger partial charge in [0.05, 0.1) is 6.54 Å². The molecule has 1 saturated heterocycles. The van der Waals surface area contributed by atoms with Gasteiger partial charge in [-0.05, 0) is 43.4 Å². The Kier molecular flexibility index (Phi) is 8.06. The monoisotopic (exact) mass is 380 g/mol. The molecule has 4 N–H and O–H groups in total. The summed E-state index contributed by atoms with van der Waals surface area (Å²) in [6.45, 7) is 1.72. The molecule has 1 atom stereocenters. The molecule has 0 spiro atoms. The van der Waals surface area contributed by atoms with Crippen molar-refractivity contribution in [1.29, 1.82) is 0 Å². The van der Waals surface area contributed by atoms with Gasteiger partial charge in [0.15, 0.2) is 0 Å². The van der Waals surface area contributed by atoms with E-state index < -0.39 is 17.7 Å². The minimum absolute atomic E-state index is 0.0979. The van der Waals surface area contributed by atoms with Crippen LogP contribution in [0.5, 0.6) is 0 Å². The number of Topliss-reactive ketones (excluding diaryl/α,β-unsaturated/α-hetero) is 1. The second kappa shape index (κ2) is 10.3. The Bertz CT molecular complexity index is 633. The van der Waals surface area contributed by atoms with Crippen LogP contribution in [-0.2, 0) is 20.9 Å². The number of quaternary nitrogens is 1. The Labute approximate surface area is 159 Å². The molecule has 1 aliphatic rings. The van der Waals surface area contributed by atoms with Crippen LogP contribution in [0, 0.1) is 0 Å². The third-order valence-corrected chi connectivity index (χ3v) is 4.84. The zero-order valence-electron chi connectivity index (χ0n) is 15.0. The second-order valence-electron chi connectivity index (χ2n) is 6.59. The zero-order valence-corrected chi connectivity index (χ0v) is 15.8. The van der Waals surface area contributed by atoms with E-state index in [1.54, 1.807) is 12.1 Å². The molecule has 1 aliphatic heterocycles. The first-order valence-electron chi connectivity index (χ1n) is 9.18. The third-order valence-electron chi connectivity index (χ3n) is 4.58. The average molecular weight is 381 g/mol. The first-order chi connectivity index (χ1) is 12.5. The summed E-state index contributed by atoms with van der Waals surface area (Å²) in [4.78, 5) is 38.3.